The maximum Gasteiger partial charge on any atom is 0.270 e. The van der Waals surface area contributed by atoms with Crippen molar-refractivity contribution in [3.05, 3.63) is 83.0 Å². The van der Waals surface area contributed by atoms with Gasteiger partial charge in [-0.3, -0.25) is 4.79 Å². The van der Waals surface area contributed by atoms with Gasteiger partial charge < -0.3 is 24.3 Å². The number of rotatable bonds is 10. The summed E-state index contributed by atoms with van der Waals surface area (Å²) in [5.74, 6) is 2.28. The first kappa shape index (κ1) is 25.9. The normalized spacial score (nSPS) is 10.6. The third-order valence-electron chi connectivity index (χ3n) is 5.85. The Labute approximate surface area is 220 Å². The lowest BCUT2D eigenvalue weighted by Gasteiger charge is -2.11. The van der Waals surface area contributed by atoms with Crippen LogP contribution in [-0.2, 0) is 6.42 Å². The number of aromatic nitrogens is 2. The summed E-state index contributed by atoms with van der Waals surface area (Å²) in [7, 11) is 6.36. The maximum atomic E-state index is 13.3. The molecule has 192 valence electrons. The molecule has 3 aromatic carbocycles. The van der Waals surface area contributed by atoms with Crippen LogP contribution < -0.4 is 24.3 Å². The molecule has 0 aliphatic heterocycles. The molecule has 1 heterocycles. The van der Waals surface area contributed by atoms with E-state index in [1.165, 1.54) is 0 Å². The molecule has 1 amide bonds. The average Bonchev–Trinajstić information content (AvgIpc) is 3.38. The molecule has 4 rings (SSSR count). The number of nitrogens with one attached hydrogen (secondary N) is 1. The molecule has 4 aromatic rings. The van der Waals surface area contributed by atoms with Crippen molar-refractivity contribution in [1.29, 1.82) is 0 Å². The van der Waals surface area contributed by atoms with Gasteiger partial charge in [-0.05, 0) is 66.6 Å². The number of carbonyl (C=O) groups excluding carboxylic acids is 1. The highest BCUT2D eigenvalue weighted by molar-refractivity contribution is 6.30. The Bertz CT molecular complexity index is 1390. The van der Waals surface area contributed by atoms with E-state index in [-0.39, 0.29) is 5.91 Å². The van der Waals surface area contributed by atoms with Crippen molar-refractivity contribution < 1.29 is 23.7 Å². The van der Waals surface area contributed by atoms with Crippen LogP contribution in [0.1, 0.15) is 16.1 Å². The summed E-state index contributed by atoms with van der Waals surface area (Å²) >= 11 is 6.08. The van der Waals surface area contributed by atoms with E-state index in [9.17, 15) is 4.79 Å². The van der Waals surface area contributed by atoms with Crippen LogP contribution in [0.5, 0.6) is 23.0 Å². The first-order chi connectivity index (χ1) is 18.0. The zero-order valence-electron chi connectivity index (χ0n) is 21.1. The van der Waals surface area contributed by atoms with Gasteiger partial charge in [0.25, 0.3) is 5.91 Å². The topological polar surface area (TPSA) is 83.8 Å². The number of amides is 1. The van der Waals surface area contributed by atoms with Gasteiger partial charge in [-0.1, -0.05) is 17.7 Å². The van der Waals surface area contributed by atoms with Crippen molar-refractivity contribution in [2.75, 3.05) is 35.0 Å². The zero-order chi connectivity index (χ0) is 26.4. The lowest BCUT2D eigenvalue weighted by molar-refractivity contribution is 0.0946. The van der Waals surface area contributed by atoms with Crippen molar-refractivity contribution >= 4 is 17.5 Å². The minimum atomic E-state index is -0.262. The molecule has 0 atom stereocenters. The number of hydrogen-bond acceptors (Lipinski definition) is 6. The Morgan fingerprint density at radius 1 is 0.838 bits per heavy atom. The number of ether oxygens (including phenoxy) is 4. The summed E-state index contributed by atoms with van der Waals surface area (Å²) in [6.45, 7) is 0.418. The van der Waals surface area contributed by atoms with Crippen molar-refractivity contribution in [2.24, 2.45) is 0 Å². The van der Waals surface area contributed by atoms with Gasteiger partial charge in [-0.25, -0.2) is 4.68 Å². The van der Waals surface area contributed by atoms with E-state index in [0.29, 0.717) is 58.1 Å². The molecule has 0 radical (unpaired) electrons. The lowest BCUT2D eigenvalue weighted by atomic mass is 10.1. The quantitative estimate of drug-likeness (QED) is 0.309. The minimum Gasteiger partial charge on any atom is -0.497 e. The van der Waals surface area contributed by atoms with Gasteiger partial charge in [-0.15, -0.1) is 0 Å². The molecule has 0 fully saturated rings. The monoisotopic (exact) mass is 521 g/mol. The second-order valence-electron chi connectivity index (χ2n) is 8.06. The number of nitrogens with zero attached hydrogens (tertiary/aromatic N) is 2. The highest BCUT2D eigenvalue weighted by atomic mass is 35.5. The summed E-state index contributed by atoms with van der Waals surface area (Å²) in [5, 5.41) is 8.32. The molecular weight excluding hydrogens is 494 g/mol. The van der Waals surface area contributed by atoms with Crippen LogP contribution in [-0.4, -0.2) is 50.7 Å². The van der Waals surface area contributed by atoms with Gasteiger partial charge in [0.2, 0.25) is 0 Å². The minimum absolute atomic E-state index is 0.262. The second-order valence-corrected chi connectivity index (χ2v) is 8.50. The molecular formula is C28H28ClN3O5. The number of hydrogen-bond donors (Lipinski definition) is 1. The molecule has 1 aromatic heterocycles. The molecule has 0 spiro atoms. The third-order valence-corrected chi connectivity index (χ3v) is 6.10. The van der Waals surface area contributed by atoms with Gasteiger partial charge in [0.15, 0.2) is 11.5 Å². The molecule has 0 saturated heterocycles. The summed E-state index contributed by atoms with van der Waals surface area (Å²) in [5.41, 5.74) is 3.40. The van der Waals surface area contributed by atoms with Gasteiger partial charge in [0, 0.05) is 23.2 Å². The first-order valence-electron chi connectivity index (χ1n) is 11.5. The highest BCUT2D eigenvalue weighted by Gasteiger charge is 2.20. The first-order valence-corrected chi connectivity index (χ1v) is 11.9. The zero-order valence-corrected chi connectivity index (χ0v) is 21.8. The summed E-state index contributed by atoms with van der Waals surface area (Å²) in [4.78, 5) is 13.3. The average molecular weight is 522 g/mol. The fraction of sp³-hybridized carbons (Fsp3) is 0.214. The van der Waals surface area contributed by atoms with Crippen LogP contribution in [0.2, 0.25) is 5.02 Å². The summed E-state index contributed by atoms with van der Waals surface area (Å²) in [6.07, 6.45) is 0.611. The molecule has 0 unspecified atom stereocenters. The Hall–Kier alpha value is -4.17. The molecule has 0 aliphatic carbocycles. The lowest BCUT2D eigenvalue weighted by Crippen LogP contribution is -2.27. The smallest absolute Gasteiger partial charge is 0.270 e. The van der Waals surface area contributed by atoms with Crippen LogP contribution in [0, 0.1) is 0 Å². The summed E-state index contributed by atoms with van der Waals surface area (Å²) in [6, 6.07) is 20.0. The Kier molecular flexibility index (Phi) is 8.20. The van der Waals surface area contributed by atoms with E-state index in [2.05, 4.69) is 5.32 Å². The fourth-order valence-electron chi connectivity index (χ4n) is 3.91. The standard InChI is InChI=1S/C28H28ClN3O5/c1-34-21-10-11-22(26(16-21)36-3)23-17-24(32(31-23)20-8-6-19(29)7-9-20)28(33)30-14-13-18-5-12-25(35-2)27(15-18)37-4/h5-12,15-17H,13-14H2,1-4H3,(H,30,33). The molecule has 1 N–H and O–H groups in total. The second kappa shape index (κ2) is 11.7. The van der Waals surface area contributed by atoms with Crippen molar-refractivity contribution in [1.82, 2.24) is 15.1 Å². The molecule has 0 bridgehead atoms. The van der Waals surface area contributed by atoms with Crippen LogP contribution in [0.15, 0.2) is 66.7 Å². The summed E-state index contributed by atoms with van der Waals surface area (Å²) < 4.78 is 23.1. The van der Waals surface area contributed by atoms with Crippen LogP contribution in [0.4, 0.5) is 0 Å². The molecule has 0 aliphatic rings. The van der Waals surface area contributed by atoms with Crippen LogP contribution >= 0.6 is 11.6 Å². The fourth-order valence-corrected chi connectivity index (χ4v) is 4.04. The van der Waals surface area contributed by atoms with E-state index >= 15 is 0 Å². The number of benzene rings is 3. The SMILES string of the molecule is COc1ccc(-c2cc(C(=O)NCCc3ccc(OC)c(OC)c3)n(-c3ccc(Cl)cc3)n2)c(OC)c1. The van der Waals surface area contributed by atoms with E-state index in [1.807, 2.05) is 42.5 Å². The maximum absolute atomic E-state index is 13.3. The largest absolute Gasteiger partial charge is 0.497 e. The Morgan fingerprint density at radius 3 is 2.24 bits per heavy atom. The van der Waals surface area contributed by atoms with Gasteiger partial charge in [-0.2, -0.15) is 5.10 Å². The molecule has 37 heavy (non-hydrogen) atoms. The Morgan fingerprint density at radius 2 is 1.57 bits per heavy atom. The molecule has 8 nitrogen and oxygen atoms in total. The van der Waals surface area contributed by atoms with Gasteiger partial charge >= 0.3 is 0 Å². The highest BCUT2D eigenvalue weighted by Crippen LogP contribution is 2.33. The van der Waals surface area contributed by atoms with E-state index in [0.717, 1.165) is 11.1 Å². The van der Waals surface area contributed by atoms with Crippen molar-refractivity contribution in [2.45, 2.75) is 6.42 Å². The Balaban J connectivity index is 1.61. The third kappa shape index (κ3) is 5.81. The predicted molar refractivity (Wildman–Crippen MR) is 143 cm³/mol. The van der Waals surface area contributed by atoms with Gasteiger partial charge in [0.05, 0.1) is 39.8 Å². The van der Waals surface area contributed by atoms with E-state index < -0.39 is 0 Å². The molecule has 9 heteroatoms. The number of halogens is 1. The number of methoxy groups -OCH3 is 4. The van der Waals surface area contributed by atoms with E-state index in [1.54, 1.807) is 57.4 Å². The van der Waals surface area contributed by atoms with Gasteiger partial charge in [0.1, 0.15) is 17.2 Å². The van der Waals surface area contributed by atoms with Crippen molar-refractivity contribution in [3.63, 3.8) is 0 Å². The van der Waals surface area contributed by atoms with Crippen molar-refractivity contribution in [3.8, 4) is 39.9 Å². The number of carbonyl (C=O) groups is 1. The predicted octanol–water partition coefficient (Wildman–Crippen LogP) is 5.20. The van der Waals surface area contributed by atoms with E-state index in [4.69, 9.17) is 35.6 Å². The van der Waals surface area contributed by atoms with Crippen LogP contribution in [0.3, 0.4) is 0 Å². The van der Waals surface area contributed by atoms with Crippen LogP contribution in [0.25, 0.3) is 16.9 Å². The molecule has 0 saturated carbocycles.